The molecular formula is C20H28N4O3S. The molecule has 152 valence electrons. The number of nitrogens with one attached hydrogen (secondary N) is 1. The van der Waals surface area contributed by atoms with Gasteiger partial charge in [-0.15, -0.1) is 0 Å². The van der Waals surface area contributed by atoms with E-state index in [-0.39, 0.29) is 0 Å². The summed E-state index contributed by atoms with van der Waals surface area (Å²) < 4.78 is 16.1. The fourth-order valence-electron chi connectivity index (χ4n) is 3.41. The van der Waals surface area contributed by atoms with Crippen LogP contribution in [0.5, 0.6) is 11.5 Å². The molecule has 1 fully saturated rings. The number of aromatic nitrogens is 2. The monoisotopic (exact) mass is 404 g/mol. The molecule has 0 radical (unpaired) electrons. The molecule has 0 bridgehead atoms. The zero-order chi connectivity index (χ0) is 19.9. The van der Waals surface area contributed by atoms with E-state index < -0.39 is 0 Å². The average molecular weight is 405 g/mol. The van der Waals surface area contributed by atoms with Crippen LogP contribution in [0.25, 0.3) is 11.4 Å². The molecule has 1 aliphatic rings. The van der Waals surface area contributed by atoms with Gasteiger partial charge in [-0.2, -0.15) is 4.98 Å². The molecule has 7 nitrogen and oxygen atoms in total. The molecule has 0 spiro atoms. The fraction of sp³-hybridized carbons (Fsp3) is 0.550. The van der Waals surface area contributed by atoms with Gasteiger partial charge in [0.05, 0.1) is 20.8 Å². The fourth-order valence-corrected chi connectivity index (χ4v) is 3.78. The number of hydrogen-bond acceptors (Lipinski definition) is 6. The van der Waals surface area contributed by atoms with Gasteiger partial charge >= 0.3 is 0 Å². The first-order chi connectivity index (χ1) is 13.6. The summed E-state index contributed by atoms with van der Waals surface area (Å²) in [6.45, 7) is 3.32. The van der Waals surface area contributed by atoms with Gasteiger partial charge in [-0.05, 0) is 50.2 Å². The Hall–Kier alpha value is -2.35. The van der Waals surface area contributed by atoms with Crippen LogP contribution in [0.2, 0.25) is 0 Å². The molecular weight excluding hydrogens is 376 g/mol. The van der Waals surface area contributed by atoms with Crippen molar-refractivity contribution in [2.45, 2.75) is 51.6 Å². The summed E-state index contributed by atoms with van der Waals surface area (Å²) in [6.07, 6.45) is 6.22. The Bertz CT molecular complexity index is 790. The molecule has 1 aromatic carbocycles. The zero-order valence-electron chi connectivity index (χ0n) is 16.7. The molecule has 1 N–H and O–H groups in total. The molecule has 0 atom stereocenters. The quantitative estimate of drug-likeness (QED) is 0.699. The lowest BCUT2D eigenvalue weighted by Gasteiger charge is -2.29. The maximum absolute atomic E-state index is 5.61. The van der Waals surface area contributed by atoms with E-state index in [4.69, 9.17) is 26.2 Å². The van der Waals surface area contributed by atoms with Gasteiger partial charge in [0.15, 0.2) is 16.6 Å². The molecule has 1 aliphatic carbocycles. The highest BCUT2D eigenvalue weighted by Crippen LogP contribution is 2.31. The van der Waals surface area contributed by atoms with Crippen molar-refractivity contribution in [3.05, 3.63) is 24.1 Å². The van der Waals surface area contributed by atoms with Gasteiger partial charge in [0.2, 0.25) is 11.7 Å². The summed E-state index contributed by atoms with van der Waals surface area (Å²) in [4.78, 5) is 6.58. The smallest absolute Gasteiger partial charge is 0.246 e. The normalized spacial score (nSPS) is 14.5. The van der Waals surface area contributed by atoms with Gasteiger partial charge in [-0.25, -0.2) is 0 Å². The van der Waals surface area contributed by atoms with Crippen molar-refractivity contribution >= 4 is 17.3 Å². The third-order valence-corrected chi connectivity index (χ3v) is 5.41. The van der Waals surface area contributed by atoms with Gasteiger partial charge < -0.3 is 24.2 Å². The number of ether oxygens (including phenoxy) is 2. The topological polar surface area (TPSA) is 72.7 Å². The Morgan fingerprint density at radius 2 is 1.96 bits per heavy atom. The molecule has 0 amide bonds. The second-order valence-electron chi connectivity index (χ2n) is 6.88. The lowest BCUT2D eigenvalue weighted by Crippen LogP contribution is -2.44. The molecule has 1 aromatic heterocycles. The van der Waals surface area contributed by atoms with Crippen molar-refractivity contribution < 1.29 is 14.0 Å². The maximum atomic E-state index is 5.61. The van der Waals surface area contributed by atoms with Gasteiger partial charge in [-0.3, -0.25) is 0 Å². The van der Waals surface area contributed by atoms with Crippen LogP contribution in [-0.4, -0.2) is 47.0 Å². The van der Waals surface area contributed by atoms with E-state index >= 15 is 0 Å². The van der Waals surface area contributed by atoms with Crippen molar-refractivity contribution in [2.75, 3.05) is 20.8 Å². The van der Waals surface area contributed by atoms with Crippen LogP contribution in [0.3, 0.4) is 0 Å². The molecule has 1 heterocycles. The van der Waals surface area contributed by atoms with Gasteiger partial charge in [0, 0.05) is 18.2 Å². The number of thiocarbonyl (C=S) groups is 1. The van der Waals surface area contributed by atoms with E-state index in [0.29, 0.717) is 35.8 Å². The van der Waals surface area contributed by atoms with Crippen LogP contribution in [0, 0.1) is 0 Å². The highest BCUT2D eigenvalue weighted by molar-refractivity contribution is 7.80. The lowest BCUT2D eigenvalue weighted by molar-refractivity contribution is 0.310. The zero-order valence-corrected chi connectivity index (χ0v) is 17.6. The minimum Gasteiger partial charge on any atom is -0.493 e. The van der Waals surface area contributed by atoms with E-state index in [1.165, 1.54) is 32.1 Å². The van der Waals surface area contributed by atoms with Crippen molar-refractivity contribution in [3.8, 4) is 22.9 Å². The Labute approximate surface area is 171 Å². The minimum atomic E-state index is 0.473. The number of nitrogens with zero attached hydrogens (tertiary/aromatic N) is 3. The lowest BCUT2D eigenvalue weighted by atomic mass is 9.96. The van der Waals surface area contributed by atoms with E-state index in [0.717, 1.165) is 17.2 Å². The highest BCUT2D eigenvalue weighted by Gasteiger charge is 2.19. The molecule has 3 rings (SSSR count). The first-order valence-electron chi connectivity index (χ1n) is 9.75. The Kier molecular flexibility index (Phi) is 7.08. The molecule has 0 aliphatic heterocycles. The second-order valence-corrected chi connectivity index (χ2v) is 7.27. The minimum absolute atomic E-state index is 0.473. The number of methoxy groups -OCH3 is 2. The van der Waals surface area contributed by atoms with Gasteiger partial charge in [-0.1, -0.05) is 24.4 Å². The summed E-state index contributed by atoms with van der Waals surface area (Å²) in [5.41, 5.74) is 0.804. The third kappa shape index (κ3) is 4.92. The summed E-state index contributed by atoms with van der Waals surface area (Å²) in [6, 6.07) is 6.01. The van der Waals surface area contributed by atoms with E-state index in [9.17, 15) is 0 Å². The Morgan fingerprint density at radius 1 is 1.21 bits per heavy atom. The Balaban J connectivity index is 1.66. The van der Waals surface area contributed by atoms with Crippen molar-refractivity contribution in [3.63, 3.8) is 0 Å². The van der Waals surface area contributed by atoms with E-state index in [2.05, 4.69) is 27.3 Å². The molecule has 28 heavy (non-hydrogen) atoms. The summed E-state index contributed by atoms with van der Waals surface area (Å²) in [5, 5.41) is 8.35. The summed E-state index contributed by atoms with van der Waals surface area (Å²) in [7, 11) is 3.20. The first kappa shape index (κ1) is 20.4. The molecule has 0 saturated heterocycles. The number of hydrogen-bond donors (Lipinski definition) is 1. The van der Waals surface area contributed by atoms with E-state index in [1.54, 1.807) is 14.2 Å². The number of rotatable bonds is 7. The summed E-state index contributed by atoms with van der Waals surface area (Å²) in [5.74, 6) is 2.32. The van der Waals surface area contributed by atoms with Gasteiger partial charge in [0.1, 0.15) is 0 Å². The van der Waals surface area contributed by atoms with Crippen LogP contribution >= 0.6 is 12.2 Å². The van der Waals surface area contributed by atoms with Crippen LogP contribution in [0.1, 0.15) is 44.9 Å². The maximum Gasteiger partial charge on any atom is 0.246 e. The van der Waals surface area contributed by atoms with Gasteiger partial charge in [0.25, 0.3) is 0 Å². The van der Waals surface area contributed by atoms with Crippen LogP contribution in [0.15, 0.2) is 22.7 Å². The predicted molar refractivity (Wildman–Crippen MR) is 112 cm³/mol. The van der Waals surface area contributed by atoms with Crippen molar-refractivity contribution in [1.29, 1.82) is 0 Å². The first-order valence-corrected chi connectivity index (χ1v) is 10.2. The highest BCUT2D eigenvalue weighted by atomic mass is 32.1. The summed E-state index contributed by atoms with van der Waals surface area (Å²) >= 11 is 5.61. The number of benzene rings is 1. The SMILES string of the molecule is CCN(Cc1nc(-c2ccc(OC)c(OC)c2)no1)C(=S)NC1CCCCC1. The predicted octanol–water partition coefficient (Wildman–Crippen LogP) is 3.78. The largest absolute Gasteiger partial charge is 0.493 e. The molecule has 0 unspecified atom stereocenters. The average Bonchev–Trinajstić information content (AvgIpc) is 3.20. The van der Waals surface area contributed by atoms with Crippen LogP contribution < -0.4 is 14.8 Å². The molecule has 1 saturated carbocycles. The van der Waals surface area contributed by atoms with Crippen LogP contribution in [-0.2, 0) is 6.54 Å². The van der Waals surface area contributed by atoms with E-state index in [1.807, 2.05) is 18.2 Å². The standard InChI is InChI=1S/C20H28N4O3S/c1-4-24(20(28)21-15-8-6-5-7-9-15)13-18-22-19(23-27-18)14-10-11-16(25-2)17(12-14)26-3/h10-12,15H,4-9,13H2,1-3H3,(H,21,28). The Morgan fingerprint density at radius 3 is 2.64 bits per heavy atom. The van der Waals surface area contributed by atoms with Crippen LogP contribution in [0.4, 0.5) is 0 Å². The van der Waals surface area contributed by atoms with Crippen molar-refractivity contribution in [2.24, 2.45) is 0 Å². The second kappa shape index (κ2) is 9.73. The molecule has 8 heteroatoms. The third-order valence-electron chi connectivity index (χ3n) is 5.04. The molecule has 2 aromatic rings. The van der Waals surface area contributed by atoms with Crippen molar-refractivity contribution in [1.82, 2.24) is 20.4 Å².